The fraction of sp³-hybridized carbons (Fsp3) is 0.429. The molecular formula is C21H20F3N5O. The molecule has 0 N–H and O–H groups in total. The summed E-state index contributed by atoms with van der Waals surface area (Å²) in [5.74, 6) is -4.06. The number of amides is 1. The van der Waals surface area contributed by atoms with E-state index in [4.69, 9.17) is 5.26 Å². The molecule has 0 bridgehead atoms. The maximum absolute atomic E-state index is 14.2. The Morgan fingerprint density at radius 3 is 2.60 bits per heavy atom. The first-order chi connectivity index (χ1) is 14.3. The molecule has 2 aromatic rings. The van der Waals surface area contributed by atoms with Crippen molar-refractivity contribution in [2.75, 3.05) is 24.5 Å². The van der Waals surface area contributed by atoms with Crippen LogP contribution in [-0.2, 0) is 11.2 Å². The Bertz CT molecular complexity index is 1000. The molecule has 1 amide bonds. The minimum atomic E-state index is -2.83. The van der Waals surface area contributed by atoms with E-state index >= 15 is 0 Å². The summed E-state index contributed by atoms with van der Waals surface area (Å²) in [6.07, 6.45) is -0.310. The third kappa shape index (κ3) is 3.95. The molecule has 1 aromatic carbocycles. The van der Waals surface area contributed by atoms with Crippen LogP contribution in [0.4, 0.5) is 19.0 Å². The maximum Gasteiger partial charge on any atom is 0.256 e. The molecule has 1 saturated carbocycles. The molecule has 2 heterocycles. The number of nitriles is 1. The average Bonchev–Trinajstić information content (AvgIpc) is 3.35. The largest absolute Gasteiger partial charge is 0.349 e. The molecule has 1 unspecified atom stereocenters. The Labute approximate surface area is 171 Å². The fourth-order valence-corrected chi connectivity index (χ4v) is 3.86. The lowest BCUT2D eigenvalue weighted by Gasteiger charge is -2.40. The van der Waals surface area contributed by atoms with Crippen LogP contribution < -0.4 is 4.90 Å². The van der Waals surface area contributed by atoms with Gasteiger partial charge in [0.15, 0.2) is 11.5 Å². The first-order valence-corrected chi connectivity index (χ1v) is 9.73. The second kappa shape index (κ2) is 7.59. The molecule has 156 valence electrons. The number of carbonyl (C=O) groups is 1. The van der Waals surface area contributed by atoms with Crippen LogP contribution in [0.15, 0.2) is 30.3 Å². The van der Waals surface area contributed by atoms with E-state index in [9.17, 15) is 18.0 Å². The van der Waals surface area contributed by atoms with Crippen LogP contribution in [0.3, 0.4) is 0 Å². The van der Waals surface area contributed by atoms with E-state index < -0.39 is 17.7 Å². The van der Waals surface area contributed by atoms with Crippen LogP contribution in [0.5, 0.6) is 0 Å². The number of halogens is 3. The molecule has 6 nitrogen and oxygen atoms in total. The lowest BCUT2D eigenvalue weighted by Crippen LogP contribution is -2.54. The van der Waals surface area contributed by atoms with Crippen molar-refractivity contribution in [1.82, 2.24) is 15.1 Å². The number of hydrogen-bond donors (Lipinski definition) is 0. The van der Waals surface area contributed by atoms with Crippen molar-refractivity contribution < 1.29 is 18.0 Å². The predicted molar refractivity (Wildman–Crippen MR) is 103 cm³/mol. The molecule has 1 aliphatic carbocycles. The lowest BCUT2D eigenvalue weighted by molar-refractivity contribution is -0.131. The second-order valence-corrected chi connectivity index (χ2v) is 7.82. The summed E-state index contributed by atoms with van der Waals surface area (Å²) in [4.78, 5) is 16.4. The van der Waals surface area contributed by atoms with Crippen molar-refractivity contribution in [2.45, 2.75) is 37.6 Å². The van der Waals surface area contributed by atoms with Gasteiger partial charge in [-0.15, -0.1) is 10.2 Å². The van der Waals surface area contributed by atoms with Crippen LogP contribution in [-0.4, -0.2) is 52.6 Å². The lowest BCUT2D eigenvalue weighted by atomic mass is 10.0. The van der Waals surface area contributed by atoms with Gasteiger partial charge in [0.25, 0.3) is 5.92 Å². The van der Waals surface area contributed by atoms with E-state index in [0.717, 1.165) is 0 Å². The number of piperazine rings is 1. The first-order valence-electron chi connectivity index (χ1n) is 9.73. The van der Waals surface area contributed by atoms with E-state index in [0.29, 0.717) is 31.0 Å². The Balaban J connectivity index is 1.37. The van der Waals surface area contributed by atoms with Gasteiger partial charge in [0, 0.05) is 32.1 Å². The van der Waals surface area contributed by atoms with Gasteiger partial charge in [0.2, 0.25) is 5.91 Å². The predicted octanol–water partition coefficient (Wildman–Crippen LogP) is 2.89. The van der Waals surface area contributed by atoms with Gasteiger partial charge >= 0.3 is 0 Å². The molecule has 1 aromatic heterocycles. The molecule has 2 fully saturated rings. The van der Waals surface area contributed by atoms with Crippen molar-refractivity contribution in [3.63, 3.8) is 0 Å². The summed E-state index contributed by atoms with van der Waals surface area (Å²) in [6, 6.07) is 9.35. The van der Waals surface area contributed by atoms with Gasteiger partial charge in [-0.2, -0.15) is 5.26 Å². The summed E-state index contributed by atoms with van der Waals surface area (Å²) < 4.78 is 40.6. The van der Waals surface area contributed by atoms with Crippen molar-refractivity contribution >= 4 is 11.7 Å². The van der Waals surface area contributed by atoms with E-state index in [1.54, 1.807) is 23.1 Å². The Kier molecular flexibility index (Phi) is 5.10. The van der Waals surface area contributed by atoms with Gasteiger partial charge < -0.3 is 9.80 Å². The zero-order valence-electron chi connectivity index (χ0n) is 16.4. The zero-order chi connectivity index (χ0) is 21.5. The van der Waals surface area contributed by atoms with Crippen molar-refractivity contribution in [3.8, 4) is 6.07 Å². The van der Waals surface area contributed by atoms with Gasteiger partial charge in [-0.25, -0.2) is 13.2 Å². The molecule has 4 rings (SSSR count). The Hall–Kier alpha value is -3.15. The highest BCUT2D eigenvalue weighted by molar-refractivity contribution is 5.79. The molecular weight excluding hydrogens is 395 g/mol. The summed E-state index contributed by atoms with van der Waals surface area (Å²) in [5.41, 5.74) is 0.726. The molecule has 2 aliphatic rings. The number of alkyl halides is 2. The summed E-state index contributed by atoms with van der Waals surface area (Å²) in [6.45, 7) is 3.45. The number of carbonyl (C=O) groups excluding carboxylic acids is 1. The fourth-order valence-electron chi connectivity index (χ4n) is 3.86. The van der Waals surface area contributed by atoms with Crippen molar-refractivity contribution in [1.29, 1.82) is 5.26 Å². The monoisotopic (exact) mass is 415 g/mol. The SMILES string of the molecule is C[C@@H]1CN(C(=O)Cc2ccc(C3CC3(F)F)c(F)c2)CCN1c1ccc(C#N)nn1. The second-order valence-electron chi connectivity index (χ2n) is 7.82. The van der Waals surface area contributed by atoms with E-state index in [-0.39, 0.29) is 36.0 Å². The Morgan fingerprint density at radius 1 is 1.27 bits per heavy atom. The number of benzene rings is 1. The summed E-state index contributed by atoms with van der Waals surface area (Å²) in [7, 11) is 0. The van der Waals surface area contributed by atoms with Gasteiger partial charge in [-0.05, 0) is 36.2 Å². The third-order valence-electron chi connectivity index (χ3n) is 5.66. The zero-order valence-corrected chi connectivity index (χ0v) is 16.4. The standard InChI is InChI=1S/C21H20F3N5O/c1-13-12-28(6-7-29(13)19-5-3-15(11-25)26-27-19)20(30)9-14-2-4-16(18(22)8-14)17-10-21(17,23)24/h2-5,8,13,17H,6-7,9-10,12H2,1H3/t13-,17?/m1/s1. The number of anilines is 1. The summed E-state index contributed by atoms with van der Waals surface area (Å²) in [5, 5.41) is 16.7. The molecule has 2 atom stereocenters. The van der Waals surface area contributed by atoms with Gasteiger partial charge in [-0.1, -0.05) is 12.1 Å². The highest BCUT2D eigenvalue weighted by Crippen LogP contribution is 2.56. The molecule has 1 saturated heterocycles. The molecule has 30 heavy (non-hydrogen) atoms. The molecule has 0 spiro atoms. The highest BCUT2D eigenvalue weighted by Gasteiger charge is 2.58. The smallest absolute Gasteiger partial charge is 0.256 e. The minimum absolute atomic E-state index is 0.0128. The molecule has 1 aliphatic heterocycles. The Morgan fingerprint density at radius 2 is 2.03 bits per heavy atom. The first kappa shape index (κ1) is 20.1. The van der Waals surface area contributed by atoms with E-state index in [1.807, 2.05) is 17.9 Å². The quantitative estimate of drug-likeness (QED) is 0.768. The van der Waals surface area contributed by atoms with Crippen LogP contribution in [0.2, 0.25) is 0 Å². The third-order valence-corrected chi connectivity index (χ3v) is 5.66. The number of rotatable bonds is 4. The number of hydrogen-bond acceptors (Lipinski definition) is 5. The number of aromatic nitrogens is 2. The van der Waals surface area contributed by atoms with Crippen LogP contribution in [0.25, 0.3) is 0 Å². The highest BCUT2D eigenvalue weighted by atomic mass is 19.3. The number of nitrogens with zero attached hydrogens (tertiary/aromatic N) is 5. The van der Waals surface area contributed by atoms with Crippen LogP contribution in [0.1, 0.15) is 36.1 Å². The van der Waals surface area contributed by atoms with Gasteiger partial charge in [0.1, 0.15) is 11.9 Å². The van der Waals surface area contributed by atoms with Gasteiger partial charge in [-0.3, -0.25) is 4.79 Å². The van der Waals surface area contributed by atoms with E-state index in [1.165, 1.54) is 12.1 Å². The maximum atomic E-state index is 14.2. The normalized spacial score (nSPS) is 22.5. The van der Waals surface area contributed by atoms with Crippen LogP contribution in [0, 0.1) is 17.1 Å². The van der Waals surface area contributed by atoms with E-state index in [2.05, 4.69) is 10.2 Å². The van der Waals surface area contributed by atoms with Gasteiger partial charge in [0.05, 0.1) is 12.3 Å². The minimum Gasteiger partial charge on any atom is -0.349 e. The van der Waals surface area contributed by atoms with Crippen LogP contribution >= 0.6 is 0 Å². The van der Waals surface area contributed by atoms with Crippen molar-refractivity contribution in [2.24, 2.45) is 0 Å². The van der Waals surface area contributed by atoms with Crippen molar-refractivity contribution in [3.05, 3.63) is 53.0 Å². The average molecular weight is 415 g/mol. The molecule has 9 heteroatoms. The molecule has 0 radical (unpaired) electrons. The topological polar surface area (TPSA) is 73.1 Å². The summed E-state index contributed by atoms with van der Waals surface area (Å²) >= 11 is 0.